The van der Waals surface area contributed by atoms with Crippen LogP contribution in [-0.4, -0.2) is 24.9 Å². The molecule has 0 amide bonds. The molecule has 2 heterocycles. The van der Waals surface area contributed by atoms with Crippen molar-refractivity contribution in [3.63, 3.8) is 0 Å². The third-order valence-electron chi connectivity index (χ3n) is 3.17. The van der Waals surface area contributed by atoms with Gasteiger partial charge in [-0.15, -0.1) is 10.2 Å². The second kappa shape index (κ2) is 5.81. The Morgan fingerprint density at radius 2 is 2.14 bits per heavy atom. The van der Waals surface area contributed by atoms with E-state index in [2.05, 4.69) is 16.8 Å². The van der Waals surface area contributed by atoms with Crippen LogP contribution in [0.5, 0.6) is 0 Å². The van der Waals surface area contributed by atoms with Crippen molar-refractivity contribution in [3.8, 4) is 5.69 Å². The minimum Gasteiger partial charge on any atom is -0.280 e. The number of hydrogen-bond acceptors (Lipinski definition) is 4. The van der Waals surface area contributed by atoms with Crippen molar-refractivity contribution in [2.75, 3.05) is 5.75 Å². The molecule has 0 bridgehead atoms. The van der Waals surface area contributed by atoms with Gasteiger partial charge in [-0.3, -0.25) is 13.8 Å². The fourth-order valence-corrected chi connectivity index (χ4v) is 2.89. The molecular weight excluding hydrogens is 296 g/mol. The molecule has 0 aliphatic rings. The molecule has 22 heavy (non-hydrogen) atoms. The van der Waals surface area contributed by atoms with E-state index in [9.17, 15) is 4.79 Å². The third kappa shape index (κ3) is 2.69. The molecule has 2 aromatic heterocycles. The van der Waals surface area contributed by atoms with Crippen LogP contribution in [0.2, 0.25) is 0 Å². The molecule has 0 fully saturated rings. The summed E-state index contributed by atoms with van der Waals surface area (Å²) >= 11 is 1.52. The number of rotatable bonds is 4. The Kier molecular flexibility index (Phi) is 3.85. The van der Waals surface area contributed by atoms with E-state index in [1.807, 2.05) is 44.3 Å². The molecule has 6 heteroatoms. The largest absolute Gasteiger partial charge is 0.300 e. The monoisotopic (exact) mass is 312 g/mol. The Hall–Kier alpha value is -2.34. The van der Waals surface area contributed by atoms with Gasteiger partial charge in [-0.25, -0.2) is 0 Å². The number of fused-ring (bicyclic) bond motifs is 1. The molecular formula is C16H16N4OS. The lowest BCUT2D eigenvalue weighted by molar-refractivity contribution is 0.893. The number of aromatic nitrogens is 4. The maximum Gasteiger partial charge on any atom is 0.300 e. The summed E-state index contributed by atoms with van der Waals surface area (Å²) in [6, 6.07) is 7.79. The van der Waals surface area contributed by atoms with Crippen molar-refractivity contribution >= 4 is 17.4 Å². The first-order valence-corrected chi connectivity index (χ1v) is 7.85. The van der Waals surface area contributed by atoms with E-state index < -0.39 is 0 Å². The molecule has 0 unspecified atom stereocenters. The van der Waals surface area contributed by atoms with Crippen LogP contribution >= 0.6 is 11.8 Å². The van der Waals surface area contributed by atoms with Crippen LogP contribution in [0.25, 0.3) is 11.3 Å². The van der Waals surface area contributed by atoms with E-state index >= 15 is 0 Å². The lowest BCUT2D eigenvalue weighted by atomic mass is 10.2. The molecule has 0 aliphatic carbocycles. The summed E-state index contributed by atoms with van der Waals surface area (Å²) in [5.41, 5.74) is 3.13. The summed E-state index contributed by atoms with van der Waals surface area (Å²) < 4.78 is 3.31. The fourth-order valence-electron chi connectivity index (χ4n) is 2.13. The van der Waals surface area contributed by atoms with Crippen molar-refractivity contribution in [1.29, 1.82) is 0 Å². The molecule has 0 atom stereocenters. The Morgan fingerprint density at radius 3 is 2.86 bits per heavy atom. The van der Waals surface area contributed by atoms with E-state index in [0.717, 1.165) is 22.6 Å². The highest BCUT2D eigenvalue weighted by Crippen LogP contribution is 2.18. The first-order chi connectivity index (χ1) is 10.6. The molecule has 0 N–H and O–H groups in total. The van der Waals surface area contributed by atoms with Gasteiger partial charge in [0, 0.05) is 23.8 Å². The summed E-state index contributed by atoms with van der Waals surface area (Å²) in [7, 11) is 0. The third-order valence-corrected chi connectivity index (χ3v) is 4.34. The van der Waals surface area contributed by atoms with Gasteiger partial charge in [0.1, 0.15) is 0 Å². The van der Waals surface area contributed by atoms with E-state index in [1.165, 1.54) is 11.8 Å². The quantitative estimate of drug-likeness (QED) is 0.549. The molecule has 0 saturated heterocycles. The topological polar surface area (TPSA) is 52.2 Å². The first-order valence-electron chi connectivity index (χ1n) is 6.87. The summed E-state index contributed by atoms with van der Waals surface area (Å²) in [4.78, 5) is 12.6. The average molecular weight is 312 g/mol. The zero-order valence-electron chi connectivity index (χ0n) is 12.5. The van der Waals surface area contributed by atoms with Gasteiger partial charge in [-0.1, -0.05) is 36.0 Å². The normalized spacial score (nSPS) is 11.0. The Morgan fingerprint density at radius 1 is 1.32 bits per heavy atom. The van der Waals surface area contributed by atoms with Gasteiger partial charge in [0.15, 0.2) is 5.16 Å². The van der Waals surface area contributed by atoms with Gasteiger partial charge in [0.25, 0.3) is 0 Å². The molecule has 0 radical (unpaired) electrons. The zero-order chi connectivity index (χ0) is 15.7. The molecule has 3 aromatic rings. The van der Waals surface area contributed by atoms with Gasteiger partial charge in [-0.2, -0.15) is 0 Å². The molecule has 5 nitrogen and oxygen atoms in total. The van der Waals surface area contributed by atoms with Crippen molar-refractivity contribution in [3.05, 3.63) is 64.7 Å². The second-order valence-corrected chi connectivity index (χ2v) is 6.18. The van der Waals surface area contributed by atoms with Gasteiger partial charge in [0.2, 0.25) is 5.65 Å². The SMILES string of the molecule is C=C(C)CSc1nnc2c(=O)n(-c3cccc(C)c3)ccn12. The summed E-state index contributed by atoms with van der Waals surface area (Å²) in [6.07, 6.45) is 3.57. The molecule has 0 saturated carbocycles. The predicted molar refractivity (Wildman–Crippen MR) is 88.9 cm³/mol. The van der Waals surface area contributed by atoms with Crippen LogP contribution in [0.4, 0.5) is 0 Å². The maximum atomic E-state index is 12.6. The number of thioether (sulfide) groups is 1. The Balaban J connectivity index is 2.08. The van der Waals surface area contributed by atoms with Crippen LogP contribution in [0.1, 0.15) is 12.5 Å². The second-order valence-electron chi connectivity index (χ2n) is 5.23. The van der Waals surface area contributed by atoms with Gasteiger partial charge < -0.3 is 0 Å². The Bertz CT molecular complexity index is 910. The van der Waals surface area contributed by atoms with E-state index in [1.54, 1.807) is 15.2 Å². The van der Waals surface area contributed by atoms with Crippen molar-refractivity contribution in [2.24, 2.45) is 0 Å². The molecule has 112 valence electrons. The fraction of sp³-hybridized carbons (Fsp3) is 0.188. The summed E-state index contributed by atoms with van der Waals surface area (Å²) in [5, 5.41) is 8.84. The van der Waals surface area contributed by atoms with Crippen LogP contribution in [0.15, 0.2) is 58.8 Å². The maximum absolute atomic E-state index is 12.6. The first kappa shape index (κ1) is 14.6. The standard InChI is InChI=1S/C16H16N4OS/c1-11(2)10-22-16-18-17-14-15(21)19(7-8-20(14)16)13-6-4-5-12(3)9-13/h4-9H,1,10H2,2-3H3. The van der Waals surface area contributed by atoms with Gasteiger partial charge in [0.05, 0.1) is 0 Å². The Labute approximate surface area is 132 Å². The van der Waals surface area contributed by atoms with Crippen molar-refractivity contribution in [1.82, 2.24) is 19.2 Å². The lowest BCUT2D eigenvalue weighted by Gasteiger charge is -2.07. The molecule has 1 aromatic carbocycles. The average Bonchev–Trinajstić information content (AvgIpc) is 2.89. The van der Waals surface area contributed by atoms with Crippen LogP contribution in [0.3, 0.4) is 0 Å². The van der Waals surface area contributed by atoms with Crippen LogP contribution in [-0.2, 0) is 0 Å². The summed E-state index contributed by atoms with van der Waals surface area (Å²) in [6.45, 7) is 7.83. The number of benzene rings is 1. The van der Waals surface area contributed by atoms with Gasteiger partial charge >= 0.3 is 5.56 Å². The van der Waals surface area contributed by atoms with E-state index in [4.69, 9.17) is 0 Å². The van der Waals surface area contributed by atoms with E-state index in [0.29, 0.717) is 10.8 Å². The molecule has 0 spiro atoms. The highest BCUT2D eigenvalue weighted by molar-refractivity contribution is 7.99. The number of hydrogen-bond donors (Lipinski definition) is 0. The van der Waals surface area contributed by atoms with E-state index in [-0.39, 0.29) is 5.56 Å². The number of nitrogens with zero attached hydrogens (tertiary/aromatic N) is 4. The highest BCUT2D eigenvalue weighted by atomic mass is 32.2. The zero-order valence-corrected chi connectivity index (χ0v) is 13.3. The predicted octanol–water partition coefficient (Wildman–Crippen LogP) is 2.86. The smallest absolute Gasteiger partial charge is 0.280 e. The van der Waals surface area contributed by atoms with Crippen molar-refractivity contribution < 1.29 is 0 Å². The van der Waals surface area contributed by atoms with Crippen LogP contribution < -0.4 is 5.56 Å². The minimum atomic E-state index is -0.178. The minimum absolute atomic E-state index is 0.178. The summed E-state index contributed by atoms with van der Waals surface area (Å²) in [5.74, 6) is 0.752. The van der Waals surface area contributed by atoms with Gasteiger partial charge in [-0.05, 0) is 31.5 Å². The molecule has 0 aliphatic heterocycles. The van der Waals surface area contributed by atoms with Crippen LogP contribution in [0, 0.1) is 6.92 Å². The number of aryl methyl sites for hydroxylation is 1. The van der Waals surface area contributed by atoms with Crippen molar-refractivity contribution in [2.45, 2.75) is 19.0 Å². The highest BCUT2D eigenvalue weighted by Gasteiger charge is 2.11. The lowest BCUT2D eigenvalue weighted by Crippen LogP contribution is -2.20. The molecule has 3 rings (SSSR count).